The van der Waals surface area contributed by atoms with Crippen LogP contribution in [-0.4, -0.2) is 57.7 Å². The molecule has 0 aliphatic carbocycles. The van der Waals surface area contributed by atoms with Crippen molar-refractivity contribution in [2.24, 2.45) is 0 Å². The van der Waals surface area contributed by atoms with E-state index < -0.39 is 10.2 Å². The van der Waals surface area contributed by atoms with Gasteiger partial charge < -0.3 is 10.1 Å². The zero-order valence-corrected chi connectivity index (χ0v) is 11.0. The lowest BCUT2D eigenvalue weighted by atomic mass is 10.0. The van der Waals surface area contributed by atoms with E-state index in [9.17, 15) is 8.42 Å². The molecule has 0 aromatic heterocycles. The van der Waals surface area contributed by atoms with Crippen LogP contribution in [0.4, 0.5) is 0 Å². The van der Waals surface area contributed by atoms with E-state index in [0.29, 0.717) is 26.3 Å². The molecule has 2 atom stereocenters. The van der Waals surface area contributed by atoms with Crippen molar-refractivity contribution in [2.75, 3.05) is 32.8 Å². The first-order valence-corrected chi connectivity index (χ1v) is 7.62. The van der Waals surface area contributed by atoms with Crippen LogP contribution < -0.4 is 10.0 Å². The van der Waals surface area contributed by atoms with E-state index in [-0.39, 0.29) is 12.1 Å². The maximum Gasteiger partial charge on any atom is 0.279 e. The molecule has 0 spiro atoms. The number of nitrogens with zero attached hydrogens (tertiary/aromatic N) is 1. The molecule has 7 heteroatoms. The second-order valence-corrected chi connectivity index (χ2v) is 6.33. The minimum atomic E-state index is -3.35. The molecule has 0 aromatic rings. The smallest absolute Gasteiger partial charge is 0.279 e. The molecule has 2 aliphatic rings. The van der Waals surface area contributed by atoms with Gasteiger partial charge in [0.05, 0.1) is 13.2 Å². The zero-order valence-electron chi connectivity index (χ0n) is 10.2. The van der Waals surface area contributed by atoms with Crippen LogP contribution in [0.1, 0.15) is 19.8 Å². The Kier molecular flexibility index (Phi) is 4.37. The standard InChI is InChI=1S/C10H21N3O3S/c1-9-10(3-2-4-11-9)12-17(14,15)13-5-7-16-8-6-13/h9-12H,2-8H2,1H3. The molecule has 2 rings (SSSR count). The van der Waals surface area contributed by atoms with Gasteiger partial charge in [-0.1, -0.05) is 0 Å². The van der Waals surface area contributed by atoms with Crippen molar-refractivity contribution < 1.29 is 13.2 Å². The van der Waals surface area contributed by atoms with Gasteiger partial charge >= 0.3 is 0 Å². The van der Waals surface area contributed by atoms with Crippen molar-refractivity contribution in [1.29, 1.82) is 0 Å². The first-order valence-electron chi connectivity index (χ1n) is 6.18. The van der Waals surface area contributed by atoms with Crippen molar-refractivity contribution in [3.63, 3.8) is 0 Å². The Labute approximate surface area is 103 Å². The second kappa shape index (κ2) is 5.62. The Morgan fingerprint density at radius 2 is 2.06 bits per heavy atom. The molecular formula is C10H21N3O3S. The molecule has 2 unspecified atom stereocenters. The summed E-state index contributed by atoms with van der Waals surface area (Å²) in [6, 6.07) is 0.191. The van der Waals surface area contributed by atoms with Crippen molar-refractivity contribution >= 4 is 10.2 Å². The molecule has 2 heterocycles. The third-order valence-electron chi connectivity index (χ3n) is 3.37. The summed E-state index contributed by atoms with van der Waals surface area (Å²) < 4.78 is 33.7. The normalized spacial score (nSPS) is 32.5. The number of hydrogen-bond acceptors (Lipinski definition) is 4. The van der Waals surface area contributed by atoms with E-state index >= 15 is 0 Å². The minimum absolute atomic E-state index is 0.00315. The largest absolute Gasteiger partial charge is 0.379 e. The van der Waals surface area contributed by atoms with Gasteiger partial charge in [-0.15, -0.1) is 0 Å². The summed E-state index contributed by atoms with van der Waals surface area (Å²) in [5.74, 6) is 0. The van der Waals surface area contributed by atoms with E-state index in [0.717, 1.165) is 19.4 Å². The molecule has 6 nitrogen and oxygen atoms in total. The molecule has 2 N–H and O–H groups in total. The van der Waals surface area contributed by atoms with Crippen LogP contribution in [0.3, 0.4) is 0 Å². The molecule has 100 valence electrons. The highest BCUT2D eigenvalue weighted by atomic mass is 32.2. The summed E-state index contributed by atoms with van der Waals surface area (Å²) >= 11 is 0. The highest BCUT2D eigenvalue weighted by molar-refractivity contribution is 7.87. The van der Waals surface area contributed by atoms with Crippen LogP contribution in [0.25, 0.3) is 0 Å². The van der Waals surface area contributed by atoms with Crippen LogP contribution in [-0.2, 0) is 14.9 Å². The molecule has 2 aliphatic heterocycles. The van der Waals surface area contributed by atoms with Gasteiger partial charge in [-0.2, -0.15) is 17.4 Å². The molecule has 0 saturated carbocycles. The van der Waals surface area contributed by atoms with E-state index in [1.165, 1.54) is 4.31 Å². The summed E-state index contributed by atoms with van der Waals surface area (Å²) in [5, 5.41) is 3.29. The number of rotatable bonds is 3. The number of piperidine rings is 1. The summed E-state index contributed by atoms with van der Waals surface area (Å²) in [6.45, 7) is 4.86. The average Bonchev–Trinajstić information content (AvgIpc) is 2.33. The van der Waals surface area contributed by atoms with Gasteiger partial charge in [0, 0.05) is 25.2 Å². The molecule has 2 fully saturated rings. The van der Waals surface area contributed by atoms with Gasteiger partial charge in [0.1, 0.15) is 0 Å². The quantitative estimate of drug-likeness (QED) is 0.706. The molecule has 0 aromatic carbocycles. The van der Waals surface area contributed by atoms with E-state index in [1.807, 2.05) is 6.92 Å². The minimum Gasteiger partial charge on any atom is -0.379 e. The fraction of sp³-hybridized carbons (Fsp3) is 1.00. The Balaban J connectivity index is 1.95. The van der Waals surface area contributed by atoms with Crippen molar-refractivity contribution in [3.05, 3.63) is 0 Å². The van der Waals surface area contributed by atoms with Crippen molar-refractivity contribution in [2.45, 2.75) is 31.8 Å². The topological polar surface area (TPSA) is 70.7 Å². The monoisotopic (exact) mass is 263 g/mol. The Morgan fingerprint density at radius 3 is 2.71 bits per heavy atom. The SMILES string of the molecule is CC1NCCCC1NS(=O)(=O)N1CCOCC1. The maximum absolute atomic E-state index is 12.1. The third kappa shape index (κ3) is 3.38. The Bertz CT molecular complexity index is 341. The highest BCUT2D eigenvalue weighted by Gasteiger charge is 2.30. The number of ether oxygens (including phenoxy) is 1. The van der Waals surface area contributed by atoms with Crippen LogP contribution >= 0.6 is 0 Å². The van der Waals surface area contributed by atoms with Gasteiger partial charge in [0.25, 0.3) is 10.2 Å². The van der Waals surface area contributed by atoms with E-state index in [4.69, 9.17) is 4.74 Å². The second-order valence-electron chi connectivity index (χ2n) is 4.63. The van der Waals surface area contributed by atoms with Crippen LogP contribution in [0.5, 0.6) is 0 Å². The molecule has 0 amide bonds. The van der Waals surface area contributed by atoms with Gasteiger partial charge in [-0.05, 0) is 26.3 Å². The first kappa shape index (κ1) is 13.2. The molecule has 0 bridgehead atoms. The number of morpholine rings is 1. The molecule has 17 heavy (non-hydrogen) atoms. The predicted molar refractivity (Wildman–Crippen MR) is 64.9 cm³/mol. The summed E-state index contributed by atoms with van der Waals surface area (Å²) in [6.07, 6.45) is 1.92. The first-order chi connectivity index (χ1) is 8.09. The maximum atomic E-state index is 12.1. The summed E-state index contributed by atoms with van der Waals surface area (Å²) in [7, 11) is -3.35. The summed E-state index contributed by atoms with van der Waals surface area (Å²) in [5.41, 5.74) is 0. The highest BCUT2D eigenvalue weighted by Crippen LogP contribution is 2.11. The van der Waals surface area contributed by atoms with E-state index in [2.05, 4.69) is 10.0 Å². The van der Waals surface area contributed by atoms with Gasteiger partial charge in [0.15, 0.2) is 0 Å². The summed E-state index contributed by atoms with van der Waals surface area (Å²) in [4.78, 5) is 0. The fourth-order valence-corrected chi connectivity index (χ4v) is 3.74. The molecule has 0 radical (unpaired) electrons. The lowest BCUT2D eigenvalue weighted by molar-refractivity contribution is 0.0721. The van der Waals surface area contributed by atoms with Gasteiger partial charge in [-0.3, -0.25) is 0 Å². The molecule has 2 saturated heterocycles. The van der Waals surface area contributed by atoms with Crippen molar-refractivity contribution in [3.8, 4) is 0 Å². The van der Waals surface area contributed by atoms with Crippen molar-refractivity contribution in [1.82, 2.24) is 14.3 Å². The third-order valence-corrected chi connectivity index (χ3v) is 5.02. The van der Waals surface area contributed by atoms with E-state index in [1.54, 1.807) is 0 Å². The van der Waals surface area contributed by atoms with Gasteiger partial charge in [-0.25, -0.2) is 0 Å². The zero-order chi connectivity index (χ0) is 12.3. The lowest BCUT2D eigenvalue weighted by Gasteiger charge is -2.33. The predicted octanol–water partition coefficient (Wildman–Crippen LogP) is -0.706. The fourth-order valence-electron chi connectivity index (χ4n) is 2.26. The average molecular weight is 263 g/mol. The Morgan fingerprint density at radius 1 is 1.35 bits per heavy atom. The number of nitrogens with one attached hydrogen (secondary N) is 2. The van der Waals surface area contributed by atoms with Crippen LogP contribution in [0, 0.1) is 0 Å². The van der Waals surface area contributed by atoms with Gasteiger partial charge in [0.2, 0.25) is 0 Å². The van der Waals surface area contributed by atoms with Crippen LogP contribution in [0.15, 0.2) is 0 Å². The Hall–Kier alpha value is -0.210. The lowest BCUT2D eigenvalue weighted by Crippen LogP contribution is -2.56. The number of hydrogen-bond donors (Lipinski definition) is 2. The molecular weight excluding hydrogens is 242 g/mol. The van der Waals surface area contributed by atoms with Crippen LogP contribution in [0.2, 0.25) is 0 Å².